The zero-order valence-corrected chi connectivity index (χ0v) is 22.7. The molecule has 2 aliphatic rings. The van der Waals surface area contributed by atoms with Crippen LogP contribution in [-0.2, 0) is 9.53 Å². The van der Waals surface area contributed by atoms with Gasteiger partial charge >= 0.3 is 0 Å². The van der Waals surface area contributed by atoms with Gasteiger partial charge in [-0.2, -0.15) is 0 Å². The number of carbonyl (C=O) groups is 1. The van der Waals surface area contributed by atoms with Crippen LogP contribution in [-0.4, -0.2) is 42.2 Å². The number of carbonyl (C=O) groups excluding carboxylic acids is 1. The van der Waals surface area contributed by atoms with Gasteiger partial charge < -0.3 is 14.6 Å². The van der Waals surface area contributed by atoms with E-state index in [1.807, 2.05) is 48.5 Å². The predicted molar refractivity (Wildman–Crippen MR) is 148 cm³/mol. The van der Waals surface area contributed by atoms with Crippen LogP contribution in [0, 0.1) is 5.92 Å². The lowest BCUT2D eigenvalue weighted by Gasteiger charge is -2.30. The highest BCUT2D eigenvalue weighted by atomic mass is 79.9. The van der Waals surface area contributed by atoms with Crippen molar-refractivity contribution in [3.8, 4) is 5.75 Å². The molecule has 1 aliphatic heterocycles. The highest BCUT2D eigenvalue weighted by Gasteiger charge is 2.52. The number of ether oxygens (including phenoxy) is 2. The van der Waals surface area contributed by atoms with Crippen LogP contribution in [0.1, 0.15) is 62.2 Å². The molecule has 8 heteroatoms. The van der Waals surface area contributed by atoms with Gasteiger partial charge in [-0.1, -0.05) is 53.4 Å². The van der Waals surface area contributed by atoms with Crippen LogP contribution >= 0.6 is 15.9 Å². The van der Waals surface area contributed by atoms with Crippen LogP contribution < -0.4 is 15.6 Å². The van der Waals surface area contributed by atoms with Crippen molar-refractivity contribution in [3.63, 3.8) is 0 Å². The molecule has 1 aliphatic carbocycles. The molecule has 1 heterocycles. The monoisotopic (exact) mass is 569 g/mol. The first kappa shape index (κ1) is 27.4. The largest absolute Gasteiger partial charge is 0.494 e. The van der Waals surface area contributed by atoms with Crippen LogP contribution in [0.5, 0.6) is 5.75 Å². The number of hydrazine groups is 1. The van der Waals surface area contributed by atoms with E-state index in [4.69, 9.17) is 19.6 Å². The van der Waals surface area contributed by atoms with Gasteiger partial charge in [0.25, 0.3) is 5.91 Å². The molecule has 2 atom stereocenters. The number of rotatable bonds is 12. The molecule has 0 bridgehead atoms. The first-order chi connectivity index (χ1) is 18.1. The van der Waals surface area contributed by atoms with Gasteiger partial charge in [0.05, 0.1) is 6.61 Å². The molecule has 0 saturated heterocycles. The SMILES string of the molecule is C=CC[C@]1(C(=O)NNCC2CCCCC2)N=C(c2ccc(OCCCO)cc2)O[C@H]1c1ccc(Br)cc1. The summed E-state index contributed by atoms with van der Waals surface area (Å²) in [5, 5.41) is 8.96. The van der Waals surface area contributed by atoms with Crippen molar-refractivity contribution in [1.82, 2.24) is 10.9 Å². The van der Waals surface area contributed by atoms with E-state index in [1.165, 1.54) is 32.1 Å². The molecule has 0 spiro atoms. The smallest absolute Gasteiger partial charge is 0.266 e. The van der Waals surface area contributed by atoms with Crippen LogP contribution in [0.4, 0.5) is 0 Å². The van der Waals surface area contributed by atoms with Gasteiger partial charge in [-0.3, -0.25) is 10.2 Å². The third kappa shape index (κ3) is 6.80. The van der Waals surface area contributed by atoms with E-state index in [2.05, 4.69) is 33.4 Å². The molecule has 37 heavy (non-hydrogen) atoms. The van der Waals surface area contributed by atoms with Crippen LogP contribution in [0.15, 0.2) is 70.7 Å². The second kappa shape index (κ2) is 13.2. The van der Waals surface area contributed by atoms with E-state index in [9.17, 15) is 4.79 Å². The summed E-state index contributed by atoms with van der Waals surface area (Å²) in [5.74, 6) is 1.43. The number of hydrogen-bond acceptors (Lipinski definition) is 6. The van der Waals surface area contributed by atoms with E-state index < -0.39 is 11.6 Å². The minimum atomic E-state index is -1.21. The number of benzene rings is 2. The molecule has 3 N–H and O–H groups in total. The third-order valence-electron chi connectivity index (χ3n) is 6.98. The zero-order chi connectivity index (χ0) is 26.1. The standard InChI is InChI=1S/C29H36BrN3O4/c1-2-17-29(28(35)33-31-20-21-7-4-3-5-8-21)26(22-9-13-24(30)14-10-22)37-27(32-29)23-11-15-25(16-12-23)36-19-6-18-34/h2,9-16,21,26,31,34H,1,3-8,17-20H2,(H,33,35)/t26-,29-/m0/s1. The Balaban J connectivity index is 1.58. The number of aliphatic hydroxyl groups excluding tert-OH is 1. The van der Waals surface area contributed by atoms with Crippen molar-refractivity contribution in [1.29, 1.82) is 0 Å². The maximum atomic E-state index is 13.8. The Morgan fingerprint density at radius 2 is 1.89 bits per heavy atom. The number of amides is 1. The highest BCUT2D eigenvalue weighted by molar-refractivity contribution is 9.10. The van der Waals surface area contributed by atoms with Crippen molar-refractivity contribution in [3.05, 3.63) is 76.8 Å². The normalized spacial score (nSPS) is 21.7. The second-order valence-corrected chi connectivity index (χ2v) is 10.6. The topological polar surface area (TPSA) is 92.2 Å². The summed E-state index contributed by atoms with van der Waals surface area (Å²) in [4.78, 5) is 18.7. The van der Waals surface area contributed by atoms with Crippen molar-refractivity contribution >= 4 is 27.7 Å². The summed E-state index contributed by atoms with van der Waals surface area (Å²) < 4.78 is 13.0. The molecular formula is C29H36BrN3O4. The quantitative estimate of drug-likeness (QED) is 0.184. The van der Waals surface area contributed by atoms with E-state index in [-0.39, 0.29) is 12.5 Å². The maximum Gasteiger partial charge on any atom is 0.266 e. The van der Waals surface area contributed by atoms with Gasteiger partial charge in [0.2, 0.25) is 5.90 Å². The molecule has 1 amide bonds. The fourth-order valence-electron chi connectivity index (χ4n) is 4.95. The molecule has 198 valence electrons. The van der Waals surface area contributed by atoms with E-state index >= 15 is 0 Å². The molecule has 0 unspecified atom stereocenters. The van der Waals surface area contributed by atoms with Crippen molar-refractivity contribution in [2.75, 3.05) is 19.8 Å². The van der Waals surface area contributed by atoms with Gasteiger partial charge in [0, 0.05) is 36.0 Å². The predicted octanol–water partition coefficient (Wildman–Crippen LogP) is 5.24. The molecule has 2 aromatic rings. The minimum Gasteiger partial charge on any atom is -0.494 e. The fourth-order valence-corrected chi connectivity index (χ4v) is 5.21. The molecule has 2 aromatic carbocycles. The van der Waals surface area contributed by atoms with E-state index in [0.717, 1.165) is 22.1 Å². The van der Waals surface area contributed by atoms with Crippen LogP contribution in [0.2, 0.25) is 0 Å². The summed E-state index contributed by atoms with van der Waals surface area (Å²) in [6.45, 7) is 5.20. The fraction of sp³-hybridized carbons (Fsp3) is 0.448. The maximum absolute atomic E-state index is 13.8. The summed E-state index contributed by atoms with van der Waals surface area (Å²) in [6, 6.07) is 15.2. The van der Waals surface area contributed by atoms with Crippen molar-refractivity contribution in [2.24, 2.45) is 10.9 Å². The Morgan fingerprint density at radius 3 is 2.57 bits per heavy atom. The molecule has 7 nitrogen and oxygen atoms in total. The first-order valence-corrected chi connectivity index (χ1v) is 13.9. The van der Waals surface area contributed by atoms with Crippen LogP contribution in [0.25, 0.3) is 0 Å². The van der Waals surface area contributed by atoms with Gasteiger partial charge in [0.15, 0.2) is 11.6 Å². The Bertz CT molecular complexity index is 1070. The van der Waals surface area contributed by atoms with Gasteiger partial charge in [-0.25, -0.2) is 10.4 Å². The Morgan fingerprint density at radius 1 is 1.16 bits per heavy atom. The van der Waals surface area contributed by atoms with Crippen molar-refractivity contribution in [2.45, 2.75) is 56.6 Å². The lowest BCUT2D eigenvalue weighted by atomic mass is 9.84. The number of aliphatic hydroxyl groups is 1. The zero-order valence-electron chi connectivity index (χ0n) is 21.1. The Kier molecular flexibility index (Phi) is 9.77. The number of nitrogens with one attached hydrogen (secondary N) is 2. The van der Waals surface area contributed by atoms with Crippen molar-refractivity contribution < 1.29 is 19.4 Å². The number of halogens is 1. The average molecular weight is 571 g/mol. The van der Waals surface area contributed by atoms with Crippen LogP contribution in [0.3, 0.4) is 0 Å². The lowest BCUT2D eigenvalue weighted by molar-refractivity contribution is -0.130. The summed E-state index contributed by atoms with van der Waals surface area (Å²) in [7, 11) is 0. The number of nitrogens with zero attached hydrogens (tertiary/aromatic N) is 1. The average Bonchev–Trinajstić information content (AvgIpc) is 3.31. The van der Waals surface area contributed by atoms with Gasteiger partial charge in [0.1, 0.15) is 5.75 Å². The first-order valence-electron chi connectivity index (χ1n) is 13.1. The Labute approximate surface area is 227 Å². The third-order valence-corrected chi connectivity index (χ3v) is 7.50. The number of aliphatic imine (C=N–C) groups is 1. The molecule has 0 aromatic heterocycles. The lowest BCUT2D eigenvalue weighted by Crippen LogP contribution is -2.53. The highest BCUT2D eigenvalue weighted by Crippen LogP contribution is 2.43. The van der Waals surface area contributed by atoms with E-state index in [0.29, 0.717) is 37.0 Å². The molecule has 0 radical (unpaired) electrons. The second-order valence-electron chi connectivity index (χ2n) is 9.67. The van der Waals surface area contributed by atoms with Gasteiger partial charge in [-0.05, 0) is 60.7 Å². The molecule has 1 fully saturated rings. The molecular weight excluding hydrogens is 534 g/mol. The molecule has 4 rings (SSSR count). The molecule has 1 saturated carbocycles. The summed E-state index contributed by atoms with van der Waals surface area (Å²) >= 11 is 3.49. The minimum absolute atomic E-state index is 0.0864. The Hall–Kier alpha value is -2.68. The summed E-state index contributed by atoms with van der Waals surface area (Å²) in [5.41, 5.74) is 6.53. The summed E-state index contributed by atoms with van der Waals surface area (Å²) in [6.07, 6.45) is 8.16. The van der Waals surface area contributed by atoms with Gasteiger partial charge in [-0.15, -0.1) is 6.58 Å². The van der Waals surface area contributed by atoms with E-state index in [1.54, 1.807) is 6.08 Å². The number of hydrogen-bond donors (Lipinski definition) is 3.